The third-order valence-electron chi connectivity index (χ3n) is 4.65. The van der Waals surface area contributed by atoms with Crippen LogP contribution in [0.5, 0.6) is 0 Å². The number of benzene rings is 2. The first-order valence-electron chi connectivity index (χ1n) is 9.63. The van der Waals surface area contributed by atoms with Gasteiger partial charge in [-0.25, -0.2) is 4.98 Å². The van der Waals surface area contributed by atoms with E-state index >= 15 is 0 Å². The van der Waals surface area contributed by atoms with E-state index in [4.69, 9.17) is 4.98 Å². The number of fused-ring (bicyclic) bond motifs is 1. The Morgan fingerprint density at radius 2 is 1.81 bits per heavy atom. The molecule has 0 spiro atoms. The van der Waals surface area contributed by atoms with Crippen LogP contribution in [0, 0.1) is 0 Å². The van der Waals surface area contributed by atoms with Crippen LogP contribution in [0.15, 0.2) is 67.3 Å². The lowest BCUT2D eigenvalue weighted by atomic mass is 10.1. The fourth-order valence-corrected chi connectivity index (χ4v) is 3.31. The monoisotopic (exact) mass is 361 g/mol. The highest BCUT2D eigenvalue weighted by Gasteiger charge is 2.09. The maximum absolute atomic E-state index is 11.9. The second-order valence-electron chi connectivity index (χ2n) is 6.74. The molecule has 0 aliphatic carbocycles. The summed E-state index contributed by atoms with van der Waals surface area (Å²) in [4.78, 5) is 16.7. The van der Waals surface area contributed by atoms with Crippen molar-refractivity contribution in [3.63, 3.8) is 0 Å². The van der Waals surface area contributed by atoms with Crippen LogP contribution in [-0.4, -0.2) is 22.0 Å². The van der Waals surface area contributed by atoms with Crippen molar-refractivity contribution in [2.75, 3.05) is 6.54 Å². The van der Waals surface area contributed by atoms with Gasteiger partial charge in [0.25, 0.3) is 0 Å². The molecule has 4 nitrogen and oxygen atoms in total. The molecule has 1 heterocycles. The van der Waals surface area contributed by atoms with Gasteiger partial charge in [0.05, 0.1) is 17.5 Å². The van der Waals surface area contributed by atoms with Gasteiger partial charge in [-0.1, -0.05) is 55.0 Å². The van der Waals surface area contributed by atoms with E-state index in [-0.39, 0.29) is 5.91 Å². The molecule has 0 saturated heterocycles. The number of rotatable bonds is 10. The molecular weight excluding hydrogens is 334 g/mol. The predicted molar refractivity (Wildman–Crippen MR) is 111 cm³/mol. The molecule has 1 amide bonds. The highest BCUT2D eigenvalue weighted by Crippen LogP contribution is 2.17. The van der Waals surface area contributed by atoms with E-state index in [1.54, 1.807) is 0 Å². The Morgan fingerprint density at radius 1 is 1.04 bits per heavy atom. The number of nitrogens with one attached hydrogen (secondary N) is 1. The summed E-state index contributed by atoms with van der Waals surface area (Å²) >= 11 is 0. The standard InChI is InChI=1S/C23H27N3O/c1-2-17-26-21-14-9-8-13-20(21)25-22(26)15-7-4-10-16-24-23(27)18-19-11-5-3-6-12-19/h2-3,5-6,8-9,11-14H,1,4,7,10,15-18H2,(H,24,27). The Hall–Kier alpha value is -2.88. The largest absolute Gasteiger partial charge is 0.356 e. The van der Waals surface area contributed by atoms with E-state index in [1.807, 2.05) is 48.5 Å². The molecule has 4 heteroatoms. The molecule has 2 aromatic carbocycles. The van der Waals surface area contributed by atoms with Gasteiger partial charge in [-0.05, 0) is 30.5 Å². The number of unbranched alkanes of at least 4 members (excludes halogenated alkanes) is 2. The van der Waals surface area contributed by atoms with Gasteiger partial charge < -0.3 is 9.88 Å². The van der Waals surface area contributed by atoms with Crippen LogP contribution in [-0.2, 0) is 24.2 Å². The van der Waals surface area contributed by atoms with E-state index in [0.717, 1.165) is 55.7 Å². The number of hydrogen-bond acceptors (Lipinski definition) is 2. The molecule has 0 radical (unpaired) electrons. The number of imidazole rings is 1. The van der Waals surface area contributed by atoms with Crippen LogP contribution < -0.4 is 5.32 Å². The maximum Gasteiger partial charge on any atom is 0.224 e. The van der Waals surface area contributed by atoms with Crippen LogP contribution >= 0.6 is 0 Å². The number of nitrogens with zero attached hydrogens (tertiary/aromatic N) is 2. The van der Waals surface area contributed by atoms with E-state index in [1.165, 1.54) is 5.52 Å². The molecule has 0 saturated carbocycles. The molecule has 1 N–H and O–H groups in total. The summed E-state index contributed by atoms with van der Waals surface area (Å²) in [6.07, 6.45) is 6.44. The molecule has 0 aliphatic rings. The predicted octanol–water partition coefficient (Wildman–Crippen LogP) is 4.29. The van der Waals surface area contributed by atoms with Gasteiger partial charge in [0.1, 0.15) is 5.82 Å². The van der Waals surface area contributed by atoms with Crippen molar-refractivity contribution in [1.29, 1.82) is 0 Å². The van der Waals surface area contributed by atoms with Crippen molar-refractivity contribution in [2.45, 2.75) is 38.6 Å². The summed E-state index contributed by atoms with van der Waals surface area (Å²) in [7, 11) is 0. The number of hydrogen-bond donors (Lipinski definition) is 1. The van der Waals surface area contributed by atoms with Gasteiger partial charge in [-0.15, -0.1) is 6.58 Å². The summed E-state index contributed by atoms with van der Waals surface area (Å²) in [6.45, 7) is 5.38. The van der Waals surface area contributed by atoms with Gasteiger partial charge in [0, 0.05) is 19.5 Å². The molecule has 0 bridgehead atoms. The Labute approximate surface area is 160 Å². The van der Waals surface area contributed by atoms with Gasteiger partial charge in [-0.3, -0.25) is 4.79 Å². The lowest BCUT2D eigenvalue weighted by molar-refractivity contribution is -0.120. The fourth-order valence-electron chi connectivity index (χ4n) is 3.31. The SMILES string of the molecule is C=CCn1c(CCCCCNC(=O)Cc2ccccc2)nc2ccccc21. The second-order valence-corrected chi connectivity index (χ2v) is 6.74. The number of aromatic nitrogens is 2. The number of carbonyl (C=O) groups excluding carboxylic acids is 1. The van der Waals surface area contributed by atoms with Crippen molar-refractivity contribution in [2.24, 2.45) is 0 Å². The molecule has 0 unspecified atom stereocenters. The Bertz CT molecular complexity index is 883. The van der Waals surface area contributed by atoms with Gasteiger partial charge >= 0.3 is 0 Å². The summed E-state index contributed by atoms with van der Waals surface area (Å²) in [5.41, 5.74) is 3.26. The fraction of sp³-hybridized carbons (Fsp3) is 0.304. The van der Waals surface area contributed by atoms with Crippen molar-refractivity contribution >= 4 is 16.9 Å². The zero-order chi connectivity index (χ0) is 18.9. The van der Waals surface area contributed by atoms with Gasteiger partial charge in [0.2, 0.25) is 5.91 Å². The van der Waals surface area contributed by atoms with Crippen LogP contribution in [0.2, 0.25) is 0 Å². The number of aryl methyl sites for hydroxylation is 1. The number of allylic oxidation sites excluding steroid dienone is 1. The molecule has 3 rings (SSSR count). The Balaban J connectivity index is 1.40. The third-order valence-corrected chi connectivity index (χ3v) is 4.65. The average Bonchev–Trinajstić information content (AvgIpc) is 3.03. The first-order chi connectivity index (χ1) is 13.3. The van der Waals surface area contributed by atoms with E-state index in [0.29, 0.717) is 6.42 Å². The lowest BCUT2D eigenvalue weighted by Crippen LogP contribution is -2.26. The van der Waals surface area contributed by atoms with Gasteiger partial charge in [-0.2, -0.15) is 0 Å². The van der Waals surface area contributed by atoms with Crippen LogP contribution in [0.4, 0.5) is 0 Å². The third kappa shape index (κ3) is 5.30. The number of carbonyl (C=O) groups is 1. The molecule has 0 aliphatic heterocycles. The van der Waals surface area contributed by atoms with Crippen molar-refractivity contribution in [3.8, 4) is 0 Å². The van der Waals surface area contributed by atoms with E-state index < -0.39 is 0 Å². The molecule has 140 valence electrons. The average molecular weight is 361 g/mol. The summed E-state index contributed by atoms with van der Waals surface area (Å²) in [6, 6.07) is 18.1. The van der Waals surface area contributed by atoms with Gasteiger partial charge in [0.15, 0.2) is 0 Å². The summed E-state index contributed by atoms with van der Waals surface area (Å²) < 4.78 is 2.24. The zero-order valence-electron chi connectivity index (χ0n) is 15.7. The Morgan fingerprint density at radius 3 is 2.63 bits per heavy atom. The van der Waals surface area contributed by atoms with Crippen molar-refractivity contribution < 1.29 is 4.79 Å². The lowest BCUT2D eigenvalue weighted by Gasteiger charge is -2.07. The maximum atomic E-state index is 11.9. The van der Waals surface area contributed by atoms with Crippen LogP contribution in [0.3, 0.4) is 0 Å². The van der Waals surface area contributed by atoms with Crippen LogP contribution in [0.1, 0.15) is 30.7 Å². The highest BCUT2D eigenvalue weighted by atomic mass is 16.1. The molecule has 3 aromatic rings. The first-order valence-corrected chi connectivity index (χ1v) is 9.63. The highest BCUT2D eigenvalue weighted by molar-refractivity contribution is 5.78. The number of para-hydroxylation sites is 2. The van der Waals surface area contributed by atoms with Crippen LogP contribution in [0.25, 0.3) is 11.0 Å². The number of amides is 1. The summed E-state index contributed by atoms with van der Waals surface area (Å²) in [5, 5.41) is 3.01. The summed E-state index contributed by atoms with van der Waals surface area (Å²) in [5.74, 6) is 1.21. The van der Waals surface area contributed by atoms with Crippen molar-refractivity contribution in [1.82, 2.24) is 14.9 Å². The smallest absolute Gasteiger partial charge is 0.224 e. The normalized spacial score (nSPS) is 10.8. The molecule has 1 aromatic heterocycles. The molecule has 27 heavy (non-hydrogen) atoms. The van der Waals surface area contributed by atoms with E-state index in [9.17, 15) is 4.79 Å². The second kappa shape index (κ2) is 9.72. The van der Waals surface area contributed by atoms with E-state index in [2.05, 4.69) is 28.6 Å². The minimum absolute atomic E-state index is 0.0916. The zero-order valence-corrected chi connectivity index (χ0v) is 15.7. The van der Waals surface area contributed by atoms with Crippen molar-refractivity contribution in [3.05, 3.63) is 78.6 Å². The topological polar surface area (TPSA) is 46.9 Å². The minimum atomic E-state index is 0.0916. The Kier molecular flexibility index (Phi) is 6.80. The first kappa shape index (κ1) is 18.9. The quantitative estimate of drug-likeness (QED) is 0.432. The minimum Gasteiger partial charge on any atom is -0.356 e. The molecule has 0 atom stereocenters. The molecular formula is C23H27N3O. The molecule has 0 fully saturated rings.